The Bertz CT molecular complexity index is 787. The highest BCUT2D eigenvalue weighted by atomic mass is 16.5. The minimum atomic E-state index is 0.503. The number of ether oxygens (including phenoxy) is 1. The summed E-state index contributed by atoms with van der Waals surface area (Å²) in [5.74, 6) is 3.92. The second-order valence-electron chi connectivity index (χ2n) is 7.66. The third-order valence-corrected chi connectivity index (χ3v) is 4.94. The molecule has 1 aromatic heterocycles. The van der Waals surface area contributed by atoms with E-state index in [4.69, 9.17) is 9.26 Å². The van der Waals surface area contributed by atoms with Crippen LogP contribution in [0.3, 0.4) is 0 Å². The molecule has 1 aromatic carbocycles. The van der Waals surface area contributed by atoms with Crippen LogP contribution in [-0.4, -0.2) is 35.2 Å². The van der Waals surface area contributed by atoms with Crippen LogP contribution in [0, 0.1) is 26.7 Å². The topological polar surface area (TPSA) is 72.5 Å². The van der Waals surface area contributed by atoms with Gasteiger partial charge in [0, 0.05) is 24.9 Å². The molecule has 0 bridgehead atoms. The molecular weight excluding hydrogens is 340 g/mol. The summed E-state index contributed by atoms with van der Waals surface area (Å²) in [4.78, 5) is 8.91. The lowest BCUT2D eigenvalue weighted by Gasteiger charge is -2.15. The zero-order chi connectivity index (χ0) is 19.4. The van der Waals surface area contributed by atoms with Crippen molar-refractivity contribution in [2.24, 2.45) is 10.9 Å². The fourth-order valence-electron chi connectivity index (χ4n) is 3.33. The number of hydrogen-bond acceptors (Lipinski definition) is 6. The van der Waals surface area contributed by atoms with Crippen LogP contribution in [0.15, 0.2) is 21.6 Å². The molecule has 3 rings (SSSR count). The SMILES string of the molecule is Cc1nc(-c2cc(C)c(OCCCCC3=NCC(C(C)C)N3)c(C)c2)no1. The van der Waals surface area contributed by atoms with Crippen LogP contribution in [0.5, 0.6) is 5.75 Å². The molecule has 1 aliphatic rings. The van der Waals surface area contributed by atoms with Gasteiger partial charge in [-0.3, -0.25) is 4.99 Å². The zero-order valence-electron chi connectivity index (χ0n) is 17.0. The van der Waals surface area contributed by atoms with Crippen molar-refractivity contribution in [3.63, 3.8) is 0 Å². The molecule has 6 heteroatoms. The number of aryl methyl sites for hydroxylation is 3. The van der Waals surface area contributed by atoms with Crippen molar-refractivity contribution in [1.82, 2.24) is 15.5 Å². The number of rotatable bonds is 8. The molecule has 0 radical (unpaired) electrons. The van der Waals surface area contributed by atoms with Gasteiger partial charge in [-0.2, -0.15) is 4.98 Å². The molecule has 0 amide bonds. The van der Waals surface area contributed by atoms with Gasteiger partial charge in [0.15, 0.2) is 0 Å². The van der Waals surface area contributed by atoms with E-state index < -0.39 is 0 Å². The van der Waals surface area contributed by atoms with Crippen LogP contribution < -0.4 is 10.1 Å². The summed E-state index contributed by atoms with van der Waals surface area (Å²) < 4.78 is 11.1. The van der Waals surface area contributed by atoms with Crippen molar-refractivity contribution < 1.29 is 9.26 Å². The maximum Gasteiger partial charge on any atom is 0.223 e. The number of aromatic nitrogens is 2. The molecule has 0 fully saturated rings. The minimum absolute atomic E-state index is 0.503. The van der Waals surface area contributed by atoms with Gasteiger partial charge < -0.3 is 14.6 Å². The van der Waals surface area contributed by atoms with Gasteiger partial charge in [-0.25, -0.2) is 0 Å². The number of nitrogens with one attached hydrogen (secondary N) is 1. The van der Waals surface area contributed by atoms with Crippen molar-refractivity contribution >= 4 is 5.84 Å². The largest absolute Gasteiger partial charge is 0.493 e. The van der Waals surface area contributed by atoms with E-state index in [9.17, 15) is 0 Å². The summed E-state index contributed by atoms with van der Waals surface area (Å²) in [6, 6.07) is 4.61. The van der Waals surface area contributed by atoms with Crippen molar-refractivity contribution in [2.45, 2.75) is 59.9 Å². The maximum absolute atomic E-state index is 6.06. The average Bonchev–Trinajstić information content (AvgIpc) is 3.25. The Hall–Kier alpha value is -2.37. The van der Waals surface area contributed by atoms with Crippen LogP contribution in [0.1, 0.15) is 50.1 Å². The summed E-state index contributed by atoms with van der Waals surface area (Å²) in [5, 5.41) is 7.52. The monoisotopic (exact) mass is 370 g/mol. The van der Waals surface area contributed by atoms with E-state index in [1.54, 1.807) is 6.92 Å². The first-order valence-corrected chi connectivity index (χ1v) is 9.78. The Labute approximate surface area is 161 Å². The first-order chi connectivity index (χ1) is 12.9. The second kappa shape index (κ2) is 8.55. The van der Waals surface area contributed by atoms with E-state index in [1.165, 1.54) is 0 Å². The quantitative estimate of drug-likeness (QED) is 0.704. The highest BCUT2D eigenvalue weighted by Crippen LogP contribution is 2.29. The van der Waals surface area contributed by atoms with Gasteiger partial charge in [-0.1, -0.05) is 19.0 Å². The minimum Gasteiger partial charge on any atom is -0.493 e. The molecule has 2 aromatic rings. The summed E-state index contributed by atoms with van der Waals surface area (Å²) in [7, 11) is 0. The number of amidine groups is 1. The predicted octanol–water partition coefficient (Wildman–Crippen LogP) is 4.24. The lowest BCUT2D eigenvalue weighted by atomic mass is 10.1. The number of aliphatic imine (C=N–C) groups is 1. The molecule has 146 valence electrons. The molecule has 2 heterocycles. The smallest absolute Gasteiger partial charge is 0.223 e. The van der Waals surface area contributed by atoms with Gasteiger partial charge in [0.05, 0.1) is 19.0 Å². The van der Waals surface area contributed by atoms with E-state index >= 15 is 0 Å². The molecule has 1 unspecified atom stereocenters. The number of hydrogen-bond donors (Lipinski definition) is 1. The Morgan fingerprint density at radius 2 is 1.93 bits per heavy atom. The van der Waals surface area contributed by atoms with Gasteiger partial charge >= 0.3 is 0 Å². The Morgan fingerprint density at radius 1 is 1.19 bits per heavy atom. The molecule has 1 atom stereocenters. The van der Waals surface area contributed by atoms with Gasteiger partial charge in [0.1, 0.15) is 5.75 Å². The van der Waals surface area contributed by atoms with E-state index in [0.717, 1.165) is 54.1 Å². The summed E-state index contributed by atoms with van der Waals surface area (Å²) in [6.45, 7) is 12.0. The zero-order valence-corrected chi connectivity index (χ0v) is 17.0. The fraction of sp³-hybridized carbons (Fsp3) is 0.571. The van der Waals surface area contributed by atoms with Crippen molar-refractivity contribution in [3.8, 4) is 17.1 Å². The molecule has 0 saturated heterocycles. The first kappa shape index (κ1) is 19.4. The van der Waals surface area contributed by atoms with Gasteiger partial charge in [-0.15, -0.1) is 0 Å². The summed E-state index contributed by atoms with van der Waals surface area (Å²) in [6.07, 6.45) is 3.09. The molecule has 6 nitrogen and oxygen atoms in total. The van der Waals surface area contributed by atoms with Gasteiger partial charge in [-0.05, 0) is 55.9 Å². The molecule has 0 saturated carbocycles. The molecule has 1 N–H and O–H groups in total. The highest BCUT2D eigenvalue weighted by molar-refractivity contribution is 5.84. The molecule has 1 aliphatic heterocycles. The van der Waals surface area contributed by atoms with Gasteiger partial charge in [0.25, 0.3) is 0 Å². The van der Waals surface area contributed by atoms with E-state index in [0.29, 0.717) is 30.3 Å². The number of nitrogens with zero attached hydrogens (tertiary/aromatic N) is 3. The van der Waals surface area contributed by atoms with Crippen LogP contribution in [-0.2, 0) is 0 Å². The van der Waals surface area contributed by atoms with E-state index in [2.05, 4.69) is 60.3 Å². The van der Waals surface area contributed by atoms with Crippen LogP contribution in [0.2, 0.25) is 0 Å². The van der Waals surface area contributed by atoms with Crippen LogP contribution >= 0.6 is 0 Å². The number of unbranched alkanes of at least 4 members (excludes halogenated alkanes) is 1. The predicted molar refractivity (Wildman–Crippen MR) is 107 cm³/mol. The normalized spacial score (nSPS) is 16.5. The second-order valence-corrected chi connectivity index (χ2v) is 7.66. The Kier molecular flexibility index (Phi) is 6.14. The van der Waals surface area contributed by atoms with E-state index in [-0.39, 0.29) is 0 Å². The molecule has 0 aliphatic carbocycles. The lowest BCUT2D eigenvalue weighted by molar-refractivity contribution is 0.304. The lowest BCUT2D eigenvalue weighted by Crippen LogP contribution is -2.34. The number of benzene rings is 1. The Balaban J connectivity index is 1.47. The maximum atomic E-state index is 6.06. The van der Waals surface area contributed by atoms with Crippen LogP contribution in [0.25, 0.3) is 11.4 Å². The highest BCUT2D eigenvalue weighted by Gasteiger charge is 2.19. The average molecular weight is 370 g/mol. The standard InChI is InChI=1S/C21H30N4O2/c1-13(2)18-12-22-19(24-18)8-6-7-9-26-20-14(3)10-17(11-15(20)4)21-23-16(5)27-25-21/h10-11,13,18H,6-9,12H2,1-5H3,(H,22,24). The molecular formula is C21H30N4O2. The summed E-state index contributed by atoms with van der Waals surface area (Å²) >= 11 is 0. The van der Waals surface area contributed by atoms with Crippen molar-refractivity contribution in [3.05, 3.63) is 29.2 Å². The molecule has 0 spiro atoms. The molecule has 27 heavy (non-hydrogen) atoms. The van der Waals surface area contributed by atoms with Crippen molar-refractivity contribution in [1.29, 1.82) is 0 Å². The van der Waals surface area contributed by atoms with Crippen molar-refractivity contribution in [2.75, 3.05) is 13.2 Å². The Morgan fingerprint density at radius 3 is 2.52 bits per heavy atom. The third-order valence-electron chi connectivity index (χ3n) is 4.94. The first-order valence-electron chi connectivity index (χ1n) is 9.78. The van der Waals surface area contributed by atoms with Crippen LogP contribution in [0.4, 0.5) is 0 Å². The van der Waals surface area contributed by atoms with Gasteiger partial charge in [0.2, 0.25) is 11.7 Å². The van der Waals surface area contributed by atoms with E-state index in [1.807, 2.05) is 0 Å². The fourth-order valence-corrected chi connectivity index (χ4v) is 3.33. The third kappa shape index (κ3) is 4.87. The summed E-state index contributed by atoms with van der Waals surface area (Å²) in [5.41, 5.74) is 3.14.